The lowest BCUT2D eigenvalue weighted by Crippen LogP contribution is -2.09. The summed E-state index contributed by atoms with van der Waals surface area (Å²) in [7, 11) is -2.18. The standard InChI is InChI=1S/C19H15F3N6O2S/c1-3-31(29,30)15-6-12(11-4-5-25-26-9-11)8-24-17(15)18-27-13-7-16(19(20,21)22)23-10-14(13)28(18)2/h4-10H,3H2,1-2H3. The molecule has 0 spiro atoms. The van der Waals surface area contributed by atoms with Crippen LogP contribution in [0, 0.1) is 0 Å². The van der Waals surface area contributed by atoms with Gasteiger partial charge in [0.1, 0.15) is 11.4 Å². The zero-order chi connectivity index (χ0) is 22.4. The second-order valence-electron chi connectivity index (χ2n) is 6.66. The Bertz CT molecular complexity index is 1390. The molecule has 0 aliphatic carbocycles. The van der Waals surface area contributed by atoms with Gasteiger partial charge >= 0.3 is 6.18 Å². The molecule has 31 heavy (non-hydrogen) atoms. The molecular formula is C19H15F3N6O2S. The van der Waals surface area contributed by atoms with E-state index in [1.165, 1.54) is 36.1 Å². The van der Waals surface area contributed by atoms with Crippen molar-refractivity contribution in [3.05, 3.63) is 48.7 Å². The van der Waals surface area contributed by atoms with E-state index in [0.717, 1.165) is 12.3 Å². The third-order valence-corrected chi connectivity index (χ3v) is 6.50. The van der Waals surface area contributed by atoms with Crippen molar-refractivity contribution in [3.63, 3.8) is 0 Å². The van der Waals surface area contributed by atoms with Crippen LogP contribution in [-0.2, 0) is 23.1 Å². The highest BCUT2D eigenvalue weighted by Crippen LogP contribution is 2.33. The number of pyridine rings is 2. The molecule has 0 amide bonds. The maximum Gasteiger partial charge on any atom is 0.433 e. The van der Waals surface area contributed by atoms with Gasteiger partial charge < -0.3 is 4.57 Å². The van der Waals surface area contributed by atoms with Gasteiger partial charge in [-0.2, -0.15) is 23.4 Å². The van der Waals surface area contributed by atoms with E-state index in [1.807, 2.05) is 0 Å². The highest BCUT2D eigenvalue weighted by atomic mass is 32.2. The molecule has 8 nitrogen and oxygen atoms in total. The lowest BCUT2D eigenvalue weighted by Gasteiger charge is -2.11. The molecule has 0 N–H and O–H groups in total. The van der Waals surface area contributed by atoms with E-state index in [2.05, 4.69) is 25.1 Å². The molecule has 4 rings (SSSR count). The number of hydrogen-bond donors (Lipinski definition) is 0. The number of aromatic nitrogens is 6. The second kappa shape index (κ2) is 7.38. The summed E-state index contributed by atoms with van der Waals surface area (Å²) in [5.74, 6) is -0.0775. The molecule has 4 aromatic heterocycles. The number of halogens is 3. The summed E-state index contributed by atoms with van der Waals surface area (Å²) < 4.78 is 66.2. The van der Waals surface area contributed by atoms with E-state index >= 15 is 0 Å². The van der Waals surface area contributed by atoms with Gasteiger partial charge in [0, 0.05) is 24.4 Å². The summed E-state index contributed by atoms with van der Waals surface area (Å²) in [6.07, 6.45) is 0.826. The first-order valence-corrected chi connectivity index (χ1v) is 10.7. The molecule has 0 fully saturated rings. The summed E-state index contributed by atoms with van der Waals surface area (Å²) in [4.78, 5) is 11.9. The molecule has 4 heterocycles. The fourth-order valence-corrected chi connectivity index (χ4v) is 4.14. The van der Waals surface area contributed by atoms with Gasteiger partial charge in [-0.05, 0) is 18.2 Å². The highest BCUT2D eigenvalue weighted by Gasteiger charge is 2.33. The van der Waals surface area contributed by atoms with Crippen LogP contribution in [0.5, 0.6) is 0 Å². The van der Waals surface area contributed by atoms with Crippen LogP contribution in [0.4, 0.5) is 13.2 Å². The summed E-state index contributed by atoms with van der Waals surface area (Å²) in [6.45, 7) is 1.49. The Morgan fingerprint density at radius 3 is 2.45 bits per heavy atom. The number of nitrogens with zero attached hydrogens (tertiary/aromatic N) is 6. The highest BCUT2D eigenvalue weighted by molar-refractivity contribution is 7.91. The Hall–Kier alpha value is -3.41. The van der Waals surface area contributed by atoms with E-state index in [4.69, 9.17) is 0 Å². The van der Waals surface area contributed by atoms with Crippen molar-refractivity contribution in [1.82, 2.24) is 29.7 Å². The van der Waals surface area contributed by atoms with E-state index < -0.39 is 21.7 Å². The summed E-state index contributed by atoms with van der Waals surface area (Å²) in [5, 5.41) is 7.48. The summed E-state index contributed by atoms with van der Waals surface area (Å²) in [6, 6.07) is 3.94. The van der Waals surface area contributed by atoms with Crippen molar-refractivity contribution in [3.8, 4) is 22.6 Å². The van der Waals surface area contributed by atoms with Gasteiger partial charge in [-0.1, -0.05) is 6.92 Å². The molecule has 0 saturated heterocycles. The zero-order valence-electron chi connectivity index (χ0n) is 16.3. The van der Waals surface area contributed by atoms with Crippen LogP contribution >= 0.6 is 0 Å². The van der Waals surface area contributed by atoms with Crippen LogP contribution in [0.2, 0.25) is 0 Å². The number of imidazole rings is 1. The van der Waals surface area contributed by atoms with E-state index in [9.17, 15) is 21.6 Å². The van der Waals surface area contributed by atoms with Crippen molar-refractivity contribution in [1.29, 1.82) is 0 Å². The van der Waals surface area contributed by atoms with Crippen LogP contribution in [0.3, 0.4) is 0 Å². The number of aryl methyl sites for hydroxylation is 1. The van der Waals surface area contributed by atoms with Crippen molar-refractivity contribution < 1.29 is 21.6 Å². The molecule has 0 radical (unpaired) electrons. The predicted octanol–water partition coefficient (Wildman–Crippen LogP) is 3.30. The van der Waals surface area contributed by atoms with Gasteiger partial charge in [-0.3, -0.25) is 4.98 Å². The fourth-order valence-electron chi connectivity index (χ4n) is 3.08. The van der Waals surface area contributed by atoms with E-state index in [-0.39, 0.29) is 27.7 Å². The van der Waals surface area contributed by atoms with Crippen LogP contribution in [0.15, 0.2) is 47.9 Å². The molecule has 0 aromatic carbocycles. The van der Waals surface area contributed by atoms with Crippen molar-refractivity contribution in [2.24, 2.45) is 7.05 Å². The molecule has 0 saturated carbocycles. The molecule has 0 bridgehead atoms. The fraction of sp³-hybridized carbons (Fsp3) is 0.211. The quantitative estimate of drug-likeness (QED) is 0.472. The topological polar surface area (TPSA) is 104 Å². The minimum atomic E-state index is -4.62. The first kappa shape index (κ1) is 20.8. The molecule has 0 unspecified atom stereocenters. The Morgan fingerprint density at radius 1 is 1.03 bits per heavy atom. The van der Waals surface area contributed by atoms with Crippen LogP contribution < -0.4 is 0 Å². The summed E-state index contributed by atoms with van der Waals surface area (Å²) in [5.41, 5.74) is 0.423. The van der Waals surface area contributed by atoms with Crippen molar-refractivity contribution in [2.45, 2.75) is 18.0 Å². The van der Waals surface area contributed by atoms with Crippen molar-refractivity contribution >= 4 is 20.9 Å². The van der Waals surface area contributed by atoms with Gasteiger partial charge in [0.05, 0.1) is 40.3 Å². The minimum absolute atomic E-state index is 0.0314. The van der Waals surface area contributed by atoms with Gasteiger partial charge in [-0.25, -0.2) is 18.4 Å². The third kappa shape index (κ3) is 3.74. The molecular weight excluding hydrogens is 433 g/mol. The number of rotatable bonds is 4. The minimum Gasteiger partial charge on any atom is -0.324 e. The van der Waals surface area contributed by atoms with E-state index in [0.29, 0.717) is 16.6 Å². The molecule has 4 aromatic rings. The molecule has 12 heteroatoms. The first-order valence-electron chi connectivity index (χ1n) is 9.01. The third-order valence-electron chi connectivity index (χ3n) is 4.75. The maximum atomic E-state index is 13.0. The number of fused-ring (bicyclic) bond motifs is 1. The summed E-state index contributed by atoms with van der Waals surface area (Å²) >= 11 is 0. The number of sulfone groups is 1. The number of alkyl halides is 3. The SMILES string of the molecule is CCS(=O)(=O)c1cc(-c2ccnnc2)cnc1-c1nc2cc(C(F)(F)F)ncc2n1C. The molecule has 0 aliphatic rings. The largest absolute Gasteiger partial charge is 0.433 e. The van der Waals surface area contributed by atoms with Gasteiger partial charge in [0.25, 0.3) is 0 Å². The van der Waals surface area contributed by atoms with Crippen LogP contribution in [0.25, 0.3) is 33.7 Å². The van der Waals surface area contributed by atoms with Gasteiger partial charge in [-0.15, -0.1) is 0 Å². The van der Waals surface area contributed by atoms with Gasteiger partial charge in [0.15, 0.2) is 15.7 Å². The monoisotopic (exact) mass is 448 g/mol. The average Bonchev–Trinajstić information content (AvgIpc) is 3.09. The Morgan fingerprint density at radius 2 is 1.81 bits per heavy atom. The Balaban J connectivity index is 1.95. The lowest BCUT2D eigenvalue weighted by atomic mass is 10.1. The Kier molecular flexibility index (Phi) is 4.96. The van der Waals surface area contributed by atoms with E-state index in [1.54, 1.807) is 13.1 Å². The smallest absolute Gasteiger partial charge is 0.324 e. The molecule has 0 aliphatic heterocycles. The second-order valence-corrected chi connectivity index (χ2v) is 8.90. The van der Waals surface area contributed by atoms with Crippen LogP contribution in [0.1, 0.15) is 12.6 Å². The van der Waals surface area contributed by atoms with Crippen molar-refractivity contribution in [2.75, 3.05) is 5.75 Å². The molecule has 0 atom stereocenters. The lowest BCUT2D eigenvalue weighted by molar-refractivity contribution is -0.141. The van der Waals surface area contributed by atoms with Crippen LogP contribution in [-0.4, -0.2) is 43.9 Å². The normalized spacial score (nSPS) is 12.4. The Labute approximate surface area is 174 Å². The maximum absolute atomic E-state index is 13.0. The number of hydrogen-bond acceptors (Lipinski definition) is 7. The predicted molar refractivity (Wildman–Crippen MR) is 105 cm³/mol. The first-order chi connectivity index (χ1) is 14.6. The molecule has 160 valence electrons. The van der Waals surface area contributed by atoms with Gasteiger partial charge in [0.2, 0.25) is 0 Å². The average molecular weight is 448 g/mol. The zero-order valence-corrected chi connectivity index (χ0v) is 17.1.